The summed E-state index contributed by atoms with van der Waals surface area (Å²) < 4.78 is 7.36. The van der Waals surface area contributed by atoms with Crippen molar-refractivity contribution >= 4 is 11.6 Å². The van der Waals surface area contributed by atoms with Gasteiger partial charge in [0.15, 0.2) is 12.3 Å². The molecule has 0 spiro atoms. The monoisotopic (exact) mass is 326 g/mol. The van der Waals surface area contributed by atoms with Gasteiger partial charge in [-0.25, -0.2) is 0 Å². The van der Waals surface area contributed by atoms with E-state index >= 15 is 0 Å². The molecule has 4 fully saturated rings. The molecule has 4 bridgehead atoms. The molecule has 6 rings (SSSR count). The molecule has 0 aliphatic heterocycles. The van der Waals surface area contributed by atoms with E-state index in [1.54, 1.807) is 4.40 Å². The molecule has 4 saturated carbocycles. The average molecular weight is 326 g/mol. The van der Waals surface area contributed by atoms with Gasteiger partial charge in [-0.05, 0) is 68.4 Å². The van der Waals surface area contributed by atoms with Gasteiger partial charge in [0, 0.05) is 11.7 Å². The van der Waals surface area contributed by atoms with E-state index in [-0.39, 0.29) is 18.1 Å². The Kier molecular flexibility index (Phi) is 3.08. The summed E-state index contributed by atoms with van der Waals surface area (Å²) in [6.07, 6.45) is 9.41. The Balaban J connectivity index is 1.25. The number of hydrogen-bond donors (Lipinski definition) is 1. The number of hydrogen-bond acceptors (Lipinski definition) is 4. The van der Waals surface area contributed by atoms with E-state index in [0.29, 0.717) is 11.7 Å². The first kappa shape index (κ1) is 14.3. The molecule has 6 nitrogen and oxygen atoms in total. The number of carbonyl (C=O) groups is 1. The normalized spacial score (nSPS) is 33.8. The molecule has 1 amide bonds. The molecule has 4 aliphatic rings. The lowest BCUT2D eigenvalue weighted by molar-refractivity contribution is -0.129. The van der Waals surface area contributed by atoms with Gasteiger partial charge >= 0.3 is 6.01 Å². The summed E-state index contributed by atoms with van der Waals surface area (Å²) in [6, 6.07) is 6.01. The van der Waals surface area contributed by atoms with Crippen molar-refractivity contribution in [1.82, 2.24) is 19.9 Å². The van der Waals surface area contributed by atoms with E-state index in [2.05, 4.69) is 15.5 Å². The van der Waals surface area contributed by atoms with Gasteiger partial charge in [-0.3, -0.25) is 9.20 Å². The Morgan fingerprint density at radius 1 is 1.17 bits per heavy atom. The summed E-state index contributed by atoms with van der Waals surface area (Å²) in [6.45, 7) is -0.00254. The van der Waals surface area contributed by atoms with Gasteiger partial charge in [0.2, 0.25) is 0 Å². The molecule has 4 aliphatic carbocycles. The van der Waals surface area contributed by atoms with Gasteiger partial charge < -0.3 is 10.1 Å². The van der Waals surface area contributed by atoms with Crippen molar-refractivity contribution in [1.29, 1.82) is 0 Å². The maximum Gasteiger partial charge on any atom is 0.322 e. The number of rotatable bonds is 4. The number of nitrogens with one attached hydrogen (secondary N) is 1. The number of ether oxygens (including phenoxy) is 1. The topological polar surface area (TPSA) is 68.5 Å². The van der Waals surface area contributed by atoms with Crippen LogP contribution in [0.4, 0.5) is 0 Å². The molecule has 2 aromatic rings. The highest BCUT2D eigenvalue weighted by molar-refractivity contribution is 5.78. The van der Waals surface area contributed by atoms with E-state index in [9.17, 15) is 4.79 Å². The second kappa shape index (κ2) is 5.19. The molecule has 6 heteroatoms. The van der Waals surface area contributed by atoms with Gasteiger partial charge in [0.1, 0.15) is 0 Å². The van der Waals surface area contributed by atoms with Crippen LogP contribution < -0.4 is 10.1 Å². The smallest absolute Gasteiger partial charge is 0.322 e. The number of carbonyl (C=O) groups excluding carboxylic acids is 1. The Bertz CT molecular complexity index is 749. The van der Waals surface area contributed by atoms with Crippen molar-refractivity contribution in [2.75, 3.05) is 6.61 Å². The van der Waals surface area contributed by atoms with Gasteiger partial charge in [-0.2, -0.15) is 0 Å². The molecule has 1 N–H and O–H groups in total. The molecule has 24 heavy (non-hydrogen) atoms. The van der Waals surface area contributed by atoms with E-state index in [1.165, 1.54) is 19.3 Å². The Morgan fingerprint density at radius 2 is 1.88 bits per heavy atom. The molecule has 0 saturated heterocycles. The molecule has 2 heterocycles. The van der Waals surface area contributed by atoms with Gasteiger partial charge in [-0.1, -0.05) is 11.2 Å². The molecular formula is C18H22N4O2. The highest BCUT2D eigenvalue weighted by atomic mass is 16.5. The maximum atomic E-state index is 12.5. The van der Waals surface area contributed by atoms with Crippen LogP contribution in [0.5, 0.6) is 6.01 Å². The average Bonchev–Trinajstić information content (AvgIpc) is 2.94. The van der Waals surface area contributed by atoms with Crippen LogP contribution in [0.25, 0.3) is 5.65 Å². The lowest BCUT2D eigenvalue weighted by atomic mass is 9.53. The summed E-state index contributed by atoms with van der Waals surface area (Å²) >= 11 is 0. The molecule has 126 valence electrons. The number of aromatic nitrogens is 3. The molecule has 0 aromatic carbocycles. The fourth-order valence-electron chi connectivity index (χ4n) is 5.64. The van der Waals surface area contributed by atoms with Crippen LogP contribution in [0.2, 0.25) is 0 Å². The lowest BCUT2D eigenvalue weighted by Gasteiger charge is -2.56. The third-order valence-corrected chi connectivity index (χ3v) is 6.06. The molecule has 0 unspecified atom stereocenters. The van der Waals surface area contributed by atoms with Gasteiger partial charge in [0.25, 0.3) is 5.91 Å². The van der Waals surface area contributed by atoms with Crippen molar-refractivity contribution in [2.24, 2.45) is 17.8 Å². The van der Waals surface area contributed by atoms with Gasteiger partial charge in [-0.15, -0.1) is 5.10 Å². The van der Waals surface area contributed by atoms with Crippen molar-refractivity contribution in [3.63, 3.8) is 0 Å². The number of amides is 1. The van der Waals surface area contributed by atoms with Crippen molar-refractivity contribution in [2.45, 2.75) is 44.1 Å². The lowest BCUT2D eigenvalue weighted by Crippen LogP contribution is -2.60. The summed E-state index contributed by atoms with van der Waals surface area (Å²) in [5, 5.41) is 11.4. The minimum atomic E-state index is -0.0374. The van der Waals surface area contributed by atoms with Crippen LogP contribution in [0.15, 0.2) is 24.4 Å². The molecular weight excluding hydrogens is 304 g/mol. The Morgan fingerprint density at radius 3 is 2.58 bits per heavy atom. The maximum absolute atomic E-state index is 12.5. The quantitative estimate of drug-likeness (QED) is 0.935. The number of fused-ring (bicyclic) bond motifs is 1. The fraction of sp³-hybridized carbons (Fsp3) is 0.611. The van der Waals surface area contributed by atoms with Crippen molar-refractivity contribution < 1.29 is 9.53 Å². The Hall–Kier alpha value is -2.11. The zero-order chi connectivity index (χ0) is 16.1. The predicted molar refractivity (Wildman–Crippen MR) is 87.5 cm³/mol. The van der Waals surface area contributed by atoms with Crippen LogP contribution in [0.1, 0.15) is 38.5 Å². The molecule has 2 aromatic heterocycles. The van der Waals surface area contributed by atoms with Crippen LogP contribution in [-0.2, 0) is 4.79 Å². The van der Waals surface area contributed by atoms with Crippen molar-refractivity contribution in [3.05, 3.63) is 24.4 Å². The summed E-state index contributed by atoms with van der Waals surface area (Å²) in [5.74, 6) is 2.42. The standard InChI is InChI=1S/C18H22N4O2/c23-16(11-24-17-21-20-15-3-1-2-4-22(15)17)19-18-8-12-5-13(9-18)7-14(6-12)10-18/h1-4,12-14H,5-11H2,(H,19,23). The highest BCUT2D eigenvalue weighted by Crippen LogP contribution is 2.55. The first-order valence-electron chi connectivity index (χ1n) is 8.93. The second-order valence-electron chi connectivity index (χ2n) is 7.95. The minimum absolute atomic E-state index is 0.00254. The molecule has 0 atom stereocenters. The first-order valence-corrected chi connectivity index (χ1v) is 8.93. The first-order chi connectivity index (χ1) is 11.7. The zero-order valence-electron chi connectivity index (χ0n) is 13.6. The fourth-order valence-corrected chi connectivity index (χ4v) is 5.64. The van der Waals surface area contributed by atoms with E-state index in [1.807, 2.05) is 24.4 Å². The predicted octanol–water partition coefficient (Wildman–Crippen LogP) is 2.19. The number of nitrogens with zero attached hydrogens (tertiary/aromatic N) is 3. The second-order valence-corrected chi connectivity index (χ2v) is 7.95. The summed E-state index contributed by atoms with van der Waals surface area (Å²) in [5.41, 5.74) is 0.747. The number of pyridine rings is 1. The Labute approximate surface area is 140 Å². The van der Waals surface area contributed by atoms with Crippen LogP contribution in [-0.4, -0.2) is 32.7 Å². The zero-order valence-corrected chi connectivity index (χ0v) is 13.6. The van der Waals surface area contributed by atoms with Crippen molar-refractivity contribution in [3.8, 4) is 6.01 Å². The van der Waals surface area contributed by atoms with Crippen LogP contribution in [0.3, 0.4) is 0 Å². The van der Waals surface area contributed by atoms with Crippen LogP contribution in [0, 0.1) is 17.8 Å². The third kappa shape index (κ3) is 2.36. The SMILES string of the molecule is O=C(COc1nnc2ccccn12)NC12CC3CC(CC(C3)C1)C2. The third-order valence-electron chi connectivity index (χ3n) is 6.06. The summed E-state index contributed by atoms with van der Waals surface area (Å²) in [7, 11) is 0. The van der Waals surface area contributed by atoms with E-state index < -0.39 is 0 Å². The van der Waals surface area contributed by atoms with E-state index in [0.717, 1.165) is 37.0 Å². The largest absolute Gasteiger partial charge is 0.453 e. The summed E-state index contributed by atoms with van der Waals surface area (Å²) in [4.78, 5) is 12.5. The van der Waals surface area contributed by atoms with Crippen LogP contribution >= 0.6 is 0 Å². The minimum Gasteiger partial charge on any atom is -0.453 e. The van der Waals surface area contributed by atoms with E-state index in [4.69, 9.17) is 4.74 Å². The molecule has 0 radical (unpaired) electrons. The van der Waals surface area contributed by atoms with Gasteiger partial charge in [0.05, 0.1) is 0 Å². The highest BCUT2D eigenvalue weighted by Gasteiger charge is 2.51.